The number of hydrogen-bond donors (Lipinski definition) is 0. The second kappa shape index (κ2) is 10.1. The van der Waals surface area contributed by atoms with E-state index in [1.165, 1.54) is 114 Å². The Hall–Kier alpha value is -3.13. The van der Waals surface area contributed by atoms with E-state index in [-0.39, 0.29) is 0 Å². The van der Waals surface area contributed by atoms with E-state index in [9.17, 15) is 0 Å². The molecule has 2 aliphatic rings. The number of hydrogen-bond acceptors (Lipinski definition) is 1. The molecule has 0 radical (unpaired) electrons. The average Bonchev–Trinajstić information content (AvgIpc) is 2.94. The zero-order valence-electron chi connectivity index (χ0n) is 22.0. The van der Waals surface area contributed by atoms with Crippen LogP contribution in [0.3, 0.4) is 0 Å². The van der Waals surface area contributed by atoms with Crippen molar-refractivity contribution in [3.8, 4) is 22.4 Å². The van der Waals surface area contributed by atoms with Crippen molar-refractivity contribution in [1.29, 1.82) is 0 Å². The minimum Gasteiger partial charge on any atom is -0.372 e. The Morgan fingerprint density at radius 2 is 1.44 bits per heavy atom. The van der Waals surface area contributed by atoms with Crippen molar-refractivity contribution in [2.75, 3.05) is 18.0 Å². The molecule has 4 aromatic rings. The van der Waals surface area contributed by atoms with Crippen LogP contribution in [0.25, 0.3) is 33.2 Å². The maximum Gasteiger partial charge on any atom is 0.213 e. The molecule has 0 amide bonds. The van der Waals surface area contributed by atoms with E-state index >= 15 is 0 Å². The Morgan fingerprint density at radius 1 is 0.722 bits per heavy atom. The van der Waals surface area contributed by atoms with Crippen molar-refractivity contribution >= 4 is 16.5 Å². The maximum atomic E-state index is 2.56. The lowest BCUT2D eigenvalue weighted by Crippen LogP contribution is -2.32. The van der Waals surface area contributed by atoms with Crippen LogP contribution in [0.5, 0.6) is 0 Å². The normalized spacial score (nSPS) is 17.0. The molecule has 2 nitrogen and oxygen atoms in total. The van der Waals surface area contributed by atoms with E-state index < -0.39 is 0 Å². The molecule has 2 fully saturated rings. The summed E-state index contributed by atoms with van der Waals surface area (Å²) in [4.78, 5) is 2.56. The van der Waals surface area contributed by atoms with Gasteiger partial charge in [-0.3, -0.25) is 0 Å². The van der Waals surface area contributed by atoms with E-state index in [0.29, 0.717) is 5.92 Å². The Bertz CT molecular complexity index is 1370. The molecule has 1 saturated carbocycles. The fourth-order valence-corrected chi connectivity index (χ4v) is 6.54. The molecule has 36 heavy (non-hydrogen) atoms. The second-order valence-electron chi connectivity index (χ2n) is 11.1. The molecule has 0 atom stereocenters. The summed E-state index contributed by atoms with van der Waals surface area (Å²) in [7, 11) is 2.22. The number of piperidine rings is 1. The molecule has 0 N–H and O–H groups in total. The summed E-state index contributed by atoms with van der Waals surface area (Å²) in [6.45, 7) is 4.61. The second-order valence-corrected chi connectivity index (χ2v) is 11.1. The minimum atomic E-state index is 0.656. The van der Waals surface area contributed by atoms with Crippen molar-refractivity contribution in [2.45, 2.75) is 64.2 Å². The number of anilines is 1. The van der Waals surface area contributed by atoms with Gasteiger partial charge in [0.15, 0.2) is 6.20 Å². The molecule has 2 heteroatoms. The van der Waals surface area contributed by atoms with Gasteiger partial charge in [0.1, 0.15) is 7.05 Å². The predicted octanol–water partition coefficient (Wildman–Crippen LogP) is 8.34. The van der Waals surface area contributed by atoms with Crippen LogP contribution in [0.2, 0.25) is 0 Å². The van der Waals surface area contributed by atoms with Crippen LogP contribution < -0.4 is 9.47 Å². The Balaban J connectivity index is 1.45. The number of pyridine rings is 1. The van der Waals surface area contributed by atoms with Gasteiger partial charge >= 0.3 is 0 Å². The van der Waals surface area contributed by atoms with Crippen LogP contribution in [0.1, 0.15) is 68.4 Å². The molecule has 1 aromatic heterocycles. The Kier molecular flexibility index (Phi) is 6.52. The van der Waals surface area contributed by atoms with Crippen molar-refractivity contribution in [3.63, 3.8) is 0 Å². The highest BCUT2D eigenvalue weighted by molar-refractivity contribution is 5.90. The summed E-state index contributed by atoms with van der Waals surface area (Å²) in [6, 6.07) is 25.5. The van der Waals surface area contributed by atoms with Crippen LogP contribution in [-0.4, -0.2) is 13.1 Å². The van der Waals surface area contributed by atoms with Crippen LogP contribution in [0, 0.1) is 6.92 Å². The van der Waals surface area contributed by atoms with E-state index in [2.05, 4.69) is 96.4 Å². The summed E-state index contributed by atoms with van der Waals surface area (Å²) in [5.74, 6) is 0.656. The summed E-state index contributed by atoms with van der Waals surface area (Å²) < 4.78 is 2.36. The van der Waals surface area contributed by atoms with Gasteiger partial charge in [-0.05, 0) is 96.7 Å². The van der Waals surface area contributed by atoms with Gasteiger partial charge < -0.3 is 4.90 Å². The van der Waals surface area contributed by atoms with Crippen molar-refractivity contribution in [3.05, 3.63) is 84.1 Å². The number of rotatable bonds is 4. The van der Waals surface area contributed by atoms with Gasteiger partial charge in [-0.1, -0.05) is 55.7 Å². The molecule has 184 valence electrons. The number of nitrogens with zero attached hydrogens (tertiary/aromatic N) is 2. The quantitative estimate of drug-likeness (QED) is 0.269. The van der Waals surface area contributed by atoms with Gasteiger partial charge in [-0.2, -0.15) is 0 Å². The van der Waals surface area contributed by atoms with Gasteiger partial charge in [0.05, 0.1) is 0 Å². The summed E-state index contributed by atoms with van der Waals surface area (Å²) >= 11 is 0. The fourth-order valence-electron chi connectivity index (χ4n) is 6.54. The molecular weight excluding hydrogens is 436 g/mol. The molecule has 1 aliphatic heterocycles. The van der Waals surface area contributed by atoms with Crippen LogP contribution in [0.4, 0.5) is 5.69 Å². The molecule has 2 heterocycles. The zero-order chi connectivity index (χ0) is 24.5. The lowest BCUT2D eigenvalue weighted by molar-refractivity contribution is -0.660. The highest BCUT2D eigenvalue weighted by Crippen LogP contribution is 2.40. The predicted molar refractivity (Wildman–Crippen MR) is 153 cm³/mol. The molecule has 3 aromatic carbocycles. The SMILES string of the molecule is Cc1ccccc1-c1cc(-c2ccc3cc(N4CCCCC4)ccc3c2)c(C2CCCCC2)c[n+]1C. The molecule has 1 saturated heterocycles. The highest BCUT2D eigenvalue weighted by atomic mass is 15.1. The molecule has 6 rings (SSSR count). The maximum absolute atomic E-state index is 2.56. The van der Waals surface area contributed by atoms with Crippen molar-refractivity contribution in [1.82, 2.24) is 0 Å². The minimum absolute atomic E-state index is 0.656. The summed E-state index contributed by atoms with van der Waals surface area (Å²) in [6.07, 6.45) is 13.1. The van der Waals surface area contributed by atoms with Crippen LogP contribution in [-0.2, 0) is 7.05 Å². The van der Waals surface area contributed by atoms with E-state index in [1.54, 1.807) is 0 Å². The Morgan fingerprint density at radius 3 is 2.25 bits per heavy atom. The fraction of sp³-hybridized carbons (Fsp3) is 0.382. The summed E-state index contributed by atoms with van der Waals surface area (Å²) in [5.41, 5.74) is 9.62. The highest BCUT2D eigenvalue weighted by Gasteiger charge is 2.25. The van der Waals surface area contributed by atoms with Crippen LogP contribution in [0.15, 0.2) is 72.9 Å². The number of aromatic nitrogens is 1. The van der Waals surface area contributed by atoms with E-state index in [4.69, 9.17) is 0 Å². The monoisotopic (exact) mass is 475 g/mol. The number of benzene rings is 3. The topological polar surface area (TPSA) is 7.12 Å². The molecule has 0 bridgehead atoms. The van der Waals surface area contributed by atoms with Crippen molar-refractivity contribution < 1.29 is 4.57 Å². The van der Waals surface area contributed by atoms with Crippen LogP contribution >= 0.6 is 0 Å². The third kappa shape index (κ3) is 4.54. The first kappa shape index (κ1) is 23.3. The van der Waals surface area contributed by atoms with Gasteiger partial charge in [-0.25, -0.2) is 4.57 Å². The van der Waals surface area contributed by atoms with Gasteiger partial charge in [0.2, 0.25) is 5.69 Å². The van der Waals surface area contributed by atoms with Gasteiger partial charge in [-0.15, -0.1) is 0 Å². The first-order valence-electron chi connectivity index (χ1n) is 14.1. The van der Waals surface area contributed by atoms with Gasteiger partial charge in [0.25, 0.3) is 0 Å². The lowest BCUT2D eigenvalue weighted by Gasteiger charge is -2.29. The number of aryl methyl sites for hydroxylation is 2. The molecule has 0 spiro atoms. The van der Waals surface area contributed by atoms with Gasteiger partial charge in [0, 0.05) is 36.0 Å². The smallest absolute Gasteiger partial charge is 0.213 e. The third-order valence-corrected chi connectivity index (χ3v) is 8.63. The van der Waals surface area contributed by atoms with Crippen molar-refractivity contribution in [2.24, 2.45) is 7.05 Å². The molecule has 0 unspecified atom stereocenters. The molecule has 1 aliphatic carbocycles. The number of fused-ring (bicyclic) bond motifs is 1. The molecular formula is C34H39N2+. The van der Waals surface area contributed by atoms with E-state index in [1.807, 2.05) is 0 Å². The summed E-state index contributed by atoms with van der Waals surface area (Å²) in [5, 5.41) is 2.69. The third-order valence-electron chi connectivity index (χ3n) is 8.63. The first-order chi connectivity index (χ1) is 17.7. The largest absolute Gasteiger partial charge is 0.372 e. The standard InChI is InChI=1S/C34H39N2/c1-25-11-7-8-14-31(25)34-23-32(33(24-35(34)2)26-12-5-3-6-13-26)29-16-15-28-22-30(18-17-27(28)21-29)36-19-9-4-10-20-36/h7-8,11,14-18,21-24,26H,3-6,9-10,12-13,19-20H2,1-2H3/q+1. The zero-order valence-corrected chi connectivity index (χ0v) is 22.0. The Labute approximate surface area is 216 Å². The average molecular weight is 476 g/mol. The first-order valence-corrected chi connectivity index (χ1v) is 14.1. The lowest BCUT2D eigenvalue weighted by atomic mass is 9.81. The van der Waals surface area contributed by atoms with E-state index in [0.717, 1.165) is 0 Å².